The van der Waals surface area contributed by atoms with Gasteiger partial charge in [-0.05, 0) is 72.7 Å². The number of rotatable bonds is 8. The first-order valence-corrected chi connectivity index (χ1v) is 11.4. The Labute approximate surface area is 212 Å². The van der Waals surface area contributed by atoms with E-state index in [0.717, 1.165) is 5.56 Å². The van der Waals surface area contributed by atoms with Crippen molar-refractivity contribution in [2.75, 3.05) is 11.9 Å². The minimum atomic E-state index is -0.610. The lowest BCUT2D eigenvalue weighted by Crippen LogP contribution is -2.07. The third kappa shape index (κ3) is 6.09. The largest absolute Gasteiger partial charge is 0.490 e. The SMILES string of the molecule is CCOc1cc(/C=C2\N=C(c3ccc(NC(C)=O)cc3)OC2=O)cc(Cl)c1OCc1ccc(F)cc1. The van der Waals surface area contributed by atoms with Gasteiger partial charge in [-0.3, -0.25) is 4.79 Å². The van der Waals surface area contributed by atoms with Crippen molar-refractivity contribution >= 4 is 41.1 Å². The van der Waals surface area contributed by atoms with Crippen LogP contribution in [0.3, 0.4) is 0 Å². The van der Waals surface area contributed by atoms with Gasteiger partial charge in [0.1, 0.15) is 12.4 Å². The van der Waals surface area contributed by atoms with Crippen molar-refractivity contribution in [3.8, 4) is 11.5 Å². The van der Waals surface area contributed by atoms with Gasteiger partial charge in [-0.15, -0.1) is 0 Å². The van der Waals surface area contributed by atoms with Crippen LogP contribution in [0, 0.1) is 5.82 Å². The molecule has 1 aliphatic rings. The summed E-state index contributed by atoms with van der Waals surface area (Å²) in [5.74, 6) is -0.250. The maximum absolute atomic E-state index is 13.2. The molecule has 9 heteroatoms. The summed E-state index contributed by atoms with van der Waals surface area (Å²) < 4.78 is 30.0. The van der Waals surface area contributed by atoms with Gasteiger partial charge in [-0.1, -0.05) is 23.7 Å². The van der Waals surface area contributed by atoms with E-state index in [1.807, 2.05) is 6.92 Å². The molecule has 1 aliphatic heterocycles. The molecule has 1 amide bonds. The fraction of sp³-hybridized carbons (Fsp3) is 0.148. The molecule has 1 heterocycles. The Morgan fingerprint density at radius 1 is 1.11 bits per heavy atom. The van der Waals surface area contributed by atoms with Crippen molar-refractivity contribution in [2.24, 2.45) is 4.99 Å². The smallest absolute Gasteiger partial charge is 0.363 e. The number of nitrogens with zero attached hydrogens (tertiary/aromatic N) is 1. The number of esters is 1. The Hall–Kier alpha value is -4.17. The molecular weight excluding hydrogens is 487 g/mol. The average Bonchev–Trinajstić information content (AvgIpc) is 3.20. The predicted molar refractivity (Wildman–Crippen MR) is 135 cm³/mol. The standard InChI is InChI=1S/C27H22ClFN2O5/c1-3-34-24-14-18(12-22(28)25(24)35-15-17-4-8-20(29)9-5-17)13-23-27(33)36-26(31-23)19-6-10-21(11-7-19)30-16(2)32/h4-14H,3,15H2,1-2H3,(H,30,32)/b23-13-. The number of cyclic esters (lactones) is 1. The van der Waals surface area contributed by atoms with Crippen LogP contribution in [0.25, 0.3) is 6.08 Å². The zero-order valence-corrected chi connectivity index (χ0v) is 20.3. The summed E-state index contributed by atoms with van der Waals surface area (Å²) in [6.07, 6.45) is 1.54. The van der Waals surface area contributed by atoms with E-state index >= 15 is 0 Å². The van der Waals surface area contributed by atoms with Crippen LogP contribution < -0.4 is 14.8 Å². The van der Waals surface area contributed by atoms with E-state index in [2.05, 4.69) is 10.3 Å². The molecule has 3 aromatic rings. The molecule has 7 nitrogen and oxygen atoms in total. The highest BCUT2D eigenvalue weighted by atomic mass is 35.5. The topological polar surface area (TPSA) is 86.2 Å². The maximum Gasteiger partial charge on any atom is 0.363 e. The summed E-state index contributed by atoms with van der Waals surface area (Å²) in [6, 6.07) is 16.0. The molecule has 184 valence electrons. The average molecular weight is 509 g/mol. The Morgan fingerprint density at radius 3 is 2.50 bits per heavy atom. The quantitative estimate of drug-likeness (QED) is 0.309. The number of nitrogens with one attached hydrogen (secondary N) is 1. The molecule has 3 aromatic carbocycles. The summed E-state index contributed by atoms with van der Waals surface area (Å²) in [4.78, 5) is 27.9. The number of carbonyl (C=O) groups is 2. The van der Waals surface area contributed by atoms with Gasteiger partial charge in [-0.25, -0.2) is 14.2 Å². The number of anilines is 1. The second-order valence-electron chi connectivity index (χ2n) is 7.77. The molecule has 0 bridgehead atoms. The van der Waals surface area contributed by atoms with Crippen molar-refractivity contribution in [3.63, 3.8) is 0 Å². The van der Waals surface area contributed by atoms with E-state index in [0.29, 0.717) is 34.9 Å². The Kier molecular flexibility index (Phi) is 7.65. The minimum Gasteiger partial charge on any atom is -0.490 e. The summed E-state index contributed by atoms with van der Waals surface area (Å²) in [7, 11) is 0. The molecule has 0 spiro atoms. The number of carbonyl (C=O) groups excluding carboxylic acids is 2. The fourth-order valence-electron chi connectivity index (χ4n) is 3.40. The van der Waals surface area contributed by atoms with Crippen LogP contribution in [0.4, 0.5) is 10.1 Å². The normalized spacial score (nSPS) is 13.8. The highest BCUT2D eigenvalue weighted by molar-refractivity contribution is 6.32. The van der Waals surface area contributed by atoms with Crippen molar-refractivity contribution in [1.29, 1.82) is 0 Å². The number of ether oxygens (including phenoxy) is 3. The highest BCUT2D eigenvalue weighted by Gasteiger charge is 2.24. The Morgan fingerprint density at radius 2 is 1.83 bits per heavy atom. The van der Waals surface area contributed by atoms with E-state index in [9.17, 15) is 14.0 Å². The Bertz CT molecular complexity index is 1350. The van der Waals surface area contributed by atoms with Crippen LogP contribution in [0.1, 0.15) is 30.5 Å². The number of aliphatic imine (C=N–C) groups is 1. The zero-order chi connectivity index (χ0) is 25.7. The van der Waals surface area contributed by atoms with Gasteiger partial charge in [0.25, 0.3) is 0 Å². The first-order valence-electron chi connectivity index (χ1n) is 11.1. The monoisotopic (exact) mass is 508 g/mol. The number of halogens is 2. The lowest BCUT2D eigenvalue weighted by Gasteiger charge is -2.14. The number of benzene rings is 3. The van der Waals surface area contributed by atoms with Crippen LogP contribution in [-0.4, -0.2) is 24.4 Å². The van der Waals surface area contributed by atoms with E-state index < -0.39 is 5.97 Å². The van der Waals surface area contributed by atoms with Gasteiger partial charge < -0.3 is 19.5 Å². The van der Waals surface area contributed by atoms with Gasteiger partial charge in [0, 0.05) is 18.2 Å². The summed E-state index contributed by atoms with van der Waals surface area (Å²) in [6.45, 7) is 3.77. The lowest BCUT2D eigenvalue weighted by atomic mass is 10.1. The van der Waals surface area contributed by atoms with E-state index in [1.165, 1.54) is 19.1 Å². The molecule has 0 aromatic heterocycles. The maximum atomic E-state index is 13.2. The van der Waals surface area contributed by atoms with Crippen LogP contribution in [-0.2, 0) is 20.9 Å². The van der Waals surface area contributed by atoms with E-state index in [-0.39, 0.29) is 34.9 Å². The third-order valence-corrected chi connectivity index (χ3v) is 5.28. The van der Waals surface area contributed by atoms with Crippen LogP contribution in [0.15, 0.2) is 71.4 Å². The fourth-order valence-corrected chi connectivity index (χ4v) is 3.67. The predicted octanol–water partition coefficient (Wildman–Crippen LogP) is 5.76. The molecule has 36 heavy (non-hydrogen) atoms. The van der Waals surface area contributed by atoms with Gasteiger partial charge in [0.05, 0.1) is 11.6 Å². The van der Waals surface area contributed by atoms with Gasteiger partial charge in [-0.2, -0.15) is 0 Å². The first-order chi connectivity index (χ1) is 17.3. The molecule has 1 N–H and O–H groups in total. The zero-order valence-electron chi connectivity index (χ0n) is 19.5. The lowest BCUT2D eigenvalue weighted by molar-refractivity contribution is -0.129. The molecule has 0 saturated carbocycles. The van der Waals surface area contributed by atoms with Crippen molar-refractivity contribution in [1.82, 2.24) is 0 Å². The van der Waals surface area contributed by atoms with E-state index in [4.69, 9.17) is 25.8 Å². The molecule has 0 fully saturated rings. The molecule has 0 saturated heterocycles. The van der Waals surface area contributed by atoms with Crippen molar-refractivity contribution in [3.05, 3.63) is 93.9 Å². The molecule has 0 aliphatic carbocycles. The van der Waals surface area contributed by atoms with E-state index in [1.54, 1.807) is 54.6 Å². The first kappa shape index (κ1) is 24.9. The van der Waals surface area contributed by atoms with Crippen LogP contribution >= 0.6 is 11.6 Å². The van der Waals surface area contributed by atoms with Gasteiger partial charge in [0.2, 0.25) is 11.8 Å². The molecular formula is C27H22ClFN2O5. The van der Waals surface area contributed by atoms with Gasteiger partial charge >= 0.3 is 5.97 Å². The van der Waals surface area contributed by atoms with Crippen LogP contribution in [0.2, 0.25) is 5.02 Å². The molecule has 4 rings (SSSR count). The second kappa shape index (κ2) is 11.0. The summed E-state index contributed by atoms with van der Waals surface area (Å²) in [5.41, 5.74) is 2.62. The summed E-state index contributed by atoms with van der Waals surface area (Å²) >= 11 is 6.48. The van der Waals surface area contributed by atoms with Crippen molar-refractivity contribution < 1.29 is 28.2 Å². The van der Waals surface area contributed by atoms with Gasteiger partial charge in [0.15, 0.2) is 17.2 Å². The minimum absolute atomic E-state index is 0.0921. The second-order valence-corrected chi connectivity index (χ2v) is 8.18. The molecule has 0 unspecified atom stereocenters. The van der Waals surface area contributed by atoms with Crippen molar-refractivity contribution in [2.45, 2.75) is 20.5 Å². The molecule has 0 atom stereocenters. The number of amides is 1. The Balaban J connectivity index is 1.56. The third-order valence-electron chi connectivity index (χ3n) is 5.00. The number of hydrogen-bond acceptors (Lipinski definition) is 6. The van der Waals surface area contributed by atoms with Crippen LogP contribution in [0.5, 0.6) is 11.5 Å². The summed E-state index contributed by atoms with van der Waals surface area (Å²) in [5, 5.41) is 2.95. The number of hydrogen-bond donors (Lipinski definition) is 1. The molecule has 0 radical (unpaired) electrons. The highest BCUT2D eigenvalue weighted by Crippen LogP contribution is 2.38.